The molecule has 0 aliphatic rings. The van der Waals surface area contributed by atoms with Gasteiger partial charge in [0.05, 0.1) is 5.56 Å². The number of anilines is 1. The number of rotatable bonds is 3. The highest BCUT2D eigenvalue weighted by Gasteiger charge is 2.10. The number of nitrogen functional groups attached to an aromatic ring is 1. The average Bonchev–Trinajstić information content (AvgIpc) is 2.28. The van der Waals surface area contributed by atoms with Crippen LogP contribution >= 0.6 is 0 Å². The molecule has 4 heteroatoms. The summed E-state index contributed by atoms with van der Waals surface area (Å²) in [7, 11) is 0. The van der Waals surface area contributed by atoms with Crippen LogP contribution in [0.4, 0.5) is 5.69 Å². The number of carbonyl (C=O) groups is 1. The molecule has 18 heavy (non-hydrogen) atoms. The fraction of sp³-hybridized carbons (Fsp3) is 0.0714. The first-order chi connectivity index (χ1) is 8.56. The predicted molar refractivity (Wildman–Crippen MR) is 70.6 cm³/mol. The summed E-state index contributed by atoms with van der Waals surface area (Å²) in [5.74, 6) is 0.467. The Hall–Kier alpha value is -2.49. The van der Waals surface area contributed by atoms with Gasteiger partial charge < -0.3 is 16.2 Å². The number of hydrogen-bond acceptors (Lipinski definition) is 3. The van der Waals surface area contributed by atoms with Crippen LogP contribution in [0.5, 0.6) is 11.5 Å². The summed E-state index contributed by atoms with van der Waals surface area (Å²) in [5.41, 5.74) is 12.9. The zero-order chi connectivity index (χ0) is 13.1. The minimum absolute atomic E-state index is 0.311. The first kappa shape index (κ1) is 12.0. The summed E-state index contributed by atoms with van der Waals surface area (Å²) in [6.45, 7) is 1.96. The number of aryl methyl sites for hydroxylation is 1. The monoisotopic (exact) mass is 242 g/mol. The molecule has 92 valence electrons. The first-order valence-electron chi connectivity index (χ1n) is 5.50. The van der Waals surface area contributed by atoms with E-state index in [2.05, 4.69) is 0 Å². The van der Waals surface area contributed by atoms with E-state index in [1.54, 1.807) is 24.3 Å². The van der Waals surface area contributed by atoms with Crippen molar-refractivity contribution < 1.29 is 9.53 Å². The minimum atomic E-state index is -0.544. The number of nitrogens with two attached hydrogens (primary N) is 2. The van der Waals surface area contributed by atoms with Gasteiger partial charge in [0, 0.05) is 11.8 Å². The number of carbonyl (C=O) groups excluding carboxylic acids is 1. The van der Waals surface area contributed by atoms with Crippen LogP contribution in [0.25, 0.3) is 0 Å². The van der Waals surface area contributed by atoms with Crippen LogP contribution in [0.15, 0.2) is 42.5 Å². The van der Waals surface area contributed by atoms with Crippen molar-refractivity contribution in [1.82, 2.24) is 0 Å². The van der Waals surface area contributed by atoms with E-state index in [0.717, 1.165) is 5.56 Å². The molecule has 0 saturated heterocycles. The van der Waals surface area contributed by atoms with Gasteiger partial charge in [-0.25, -0.2) is 0 Å². The van der Waals surface area contributed by atoms with Crippen LogP contribution in [0, 0.1) is 6.92 Å². The van der Waals surface area contributed by atoms with E-state index in [1.165, 1.54) is 0 Å². The molecule has 0 atom stereocenters. The Balaban J connectivity index is 2.39. The molecule has 2 rings (SSSR count). The quantitative estimate of drug-likeness (QED) is 0.811. The predicted octanol–water partition coefficient (Wildman–Crippen LogP) is 2.47. The molecule has 0 bridgehead atoms. The maximum atomic E-state index is 11.3. The van der Waals surface area contributed by atoms with Gasteiger partial charge in [0.15, 0.2) is 0 Å². The molecule has 0 unspecified atom stereocenters. The maximum absolute atomic E-state index is 11.3. The Morgan fingerprint density at radius 1 is 1.17 bits per heavy atom. The van der Waals surface area contributed by atoms with Crippen molar-refractivity contribution in [2.45, 2.75) is 6.92 Å². The standard InChI is InChI=1S/C14H14N2O2/c1-9-3-2-4-11(7-9)18-13-8-10(15)5-6-12(13)14(16)17/h2-8H,15H2,1H3,(H2,16,17). The lowest BCUT2D eigenvalue weighted by atomic mass is 10.1. The molecule has 0 fully saturated rings. The van der Waals surface area contributed by atoms with Crippen LogP contribution in [-0.2, 0) is 0 Å². The Labute approximate surface area is 105 Å². The Morgan fingerprint density at radius 2 is 1.94 bits per heavy atom. The van der Waals surface area contributed by atoms with Gasteiger partial charge in [-0.1, -0.05) is 12.1 Å². The molecule has 0 heterocycles. The lowest BCUT2D eigenvalue weighted by Gasteiger charge is -2.10. The van der Waals surface area contributed by atoms with Crippen molar-refractivity contribution in [2.24, 2.45) is 5.73 Å². The van der Waals surface area contributed by atoms with Gasteiger partial charge in [0.2, 0.25) is 0 Å². The highest BCUT2D eigenvalue weighted by Crippen LogP contribution is 2.27. The van der Waals surface area contributed by atoms with Crippen LogP contribution in [0.1, 0.15) is 15.9 Å². The second-order valence-corrected chi connectivity index (χ2v) is 4.04. The van der Waals surface area contributed by atoms with Crippen molar-refractivity contribution in [3.05, 3.63) is 53.6 Å². The van der Waals surface area contributed by atoms with E-state index in [1.807, 2.05) is 25.1 Å². The Morgan fingerprint density at radius 3 is 2.61 bits per heavy atom. The number of hydrogen-bond donors (Lipinski definition) is 2. The third-order valence-corrected chi connectivity index (χ3v) is 2.49. The highest BCUT2D eigenvalue weighted by atomic mass is 16.5. The van der Waals surface area contributed by atoms with E-state index >= 15 is 0 Å². The lowest BCUT2D eigenvalue weighted by molar-refractivity contribution is 0.0998. The molecule has 0 radical (unpaired) electrons. The van der Waals surface area contributed by atoms with Gasteiger partial charge in [-0.3, -0.25) is 4.79 Å². The van der Waals surface area contributed by atoms with Gasteiger partial charge in [-0.2, -0.15) is 0 Å². The SMILES string of the molecule is Cc1cccc(Oc2cc(N)ccc2C(N)=O)c1. The number of amides is 1. The smallest absolute Gasteiger partial charge is 0.252 e. The minimum Gasteiger partial charge on any atom is -0.456 e. The number of benzene rings is 2. The Bertz CT molecular complexity index is 594. The summed E-state index contributed by atoms with van der Waals surface area (Å²) in [6.07, 6.45) is 0. The molecule has 0 spiro atoms. The number of primary amides is 1. The van der Waals surface area contributed by atoms with Crippen molar-refractivity contribution in [2.75, 3.05) is 5.73 Å². The second-order valence-electron chi connectivity index (χ2n) is 4.04. The van der Waals surface area contributed by atoms with Gasteiger partial charge in [0.1, 0.15) is 11.5 Å². The summed E-state index contributed by atoms with van der Waals surface area (Å²) in [5, 5.41) is 0. The van der Waals surface area contributed by atoms with Crippen molar-refractivity contribution in [1.29, 1.82) is 0 Å². The van der Waals surface area contributed by atoms with E-state index in [4.69, 9.17) is 16.2 Å². The van der Waals surface area contributed by atoms with Crippen molar-refractivity contribution >= 4 is 11.6 Å². The molecule has 2 aromatic carbocycles. The third-order valence-electron chi connectivity index (χ3n) is 2.49. The maximum Gasteiger partial charge on any atom is 0.252 e. The molecular weight excluding hydrogens is 228 g/mol. The fourth-order valence-corrected chi connectivity index (χ4v) is 1.63. The normalized spacial score (nSPS) is 10.1. The number of ether oxygens (including phenoxy) is 1. The highest BCUT2D eigenvalue weighted by molar-refractivity contribution is 5.96. The lowest BCUT2D eigenvalue weighted by Crippen LogP contribution is -2.12. The molecule has 0 aliphatic heterocycles. The third kappa shape index (κ3) is 2.60. The molecule has 2 aromatic rings. The summed E-state index contributed by atoms with van der Waals surface area (Å²) >= 11 is 0. The van der Waals surface area contributed by atoms with Crippen LogP contribution in [0.2, 0.25) is 0 Å². The summed E-state index contributed by atoms with van der Waals surface area (Å²) < 4.78 is 5.65. The van der Waals surface area contributed by atoms with Gasteiger partial charge in [0.25, 0.3) is 5.91 Å². The van der Waals surface area contributed by atoms with Gasteiger partial charge in [-0.15, -0.1) is 0 Å². The van der Waals surface area contributed by atoms with Crippen LogP contribution < -0.4 is 16.2 Å². The van der Waals surface area contributed by atoms with E-state index in [-0.39, 0.29) is 0 Å². The van der Waals surface area contributed by atoms with Gasteiger partial charge >= 0.3 is 0 Å². The molecule has 0 aromatic heterocycles. The average molecular weight is 242 g/mol. The fourth-order valence-electron chi connectivity index (χ4n) is 1.63. The van der Waals surface area contributed by atoms with Crippen molar-refractivity contribution in [3.8, 4) is 11.5 Å². The van der Waals surface area contributed by atoms with Crippen molar-refractivity contribution in [3.63, 3.8) is 0 Å². The summed E-state index contributed by atoms with van der Waals surface area (Å²) in [4.78, 5) is 11.3. The van der Waals surface area contributed by atoms with Gasteiger partial charge in [-0.05, 0) is 36.8 Å². The Kier molecular flexibility index (Phi) is 3.19. The second kappa shape index (κ2) is 4.79. The summed E-state index contributed by atoms with van der Waals surface area (Å²) in [6, 6.07) is 12.3. The molecular formula is C14H14N2O2. The molecule has 0 aliphatic carbocycles. The molecule has 0 saturated carbocycles. The largest absolute Gasteiger partial charge is 0.456 e. The van der Waals surface area contributed by atoms with E-state index in [9.17, 15) is 4.79 Å². The molecule has 1 amide bonds. The zero-order valence-corrected chi connectivity index (χ0v) is 10.0. The van der Waals surface area contributed by atoms with E-state index < -0.39 is 5.91 Å². The van der Waals surface area contributed by atoms with Crippen LogP contribution in [-0.4, -0.2) is 5.91 Å². The zero-order valence-electron chi connectivity index (χ0n) is 10.0. The van der Waals surface area contributed by atoms with Crippen LogP contribution in [0.3, 0.4) is 0 Å². The van der Waals surface area contributed by atoms with E-state index in [0.29, 0.717) is 22.7 Å². The topological polar surface area (TPSA) is 78.3 Å². The molecule has 4 nitrogen and oxygen atoms in total. The molecule has 4 N–H and O–H groups in total. The first-order valence-corrected chi connectivity index (χ1v) is 5.50.